The molecule has 4 atom stereocenters. The van der Waals surface area contributed by atoms with Crippen molar-refractivity contribution in [1.82, 2.24) is 0 Å². The molecule has 5 nitrogen and oxygen atoms in total. The van der Waals surface area contributed by atoms with E-state index in [1.807, 2.05) is 0 Å². The zero-order valence-corrected chi connectivity index (χ0v) is 17.2. The number of aliphatic hydroxyl groups excluding tert-OH is 3. The highest BCUT2D eigenvalue weighted by molar-refractivity contribution is 4.89. The third-order valence-electron chi connectivity index (χ3n) is 5.18. The van der Waals surface area contributed by atoms with Crippen molar-refractivity contribution in [1.29, 1.82) is 0 Å². The van der Waals surface area contributed by atoms with Gasteiger partial charge in [-0.05, 0) is 25.7 Å². The van der Waals surface area contributed by atoms with Gasteiger partial charge in [-0.1, -0.05) is 70.4 Å². The van der Waals surface area contributed by atoms with Gasteiger partial charge < -0.3 is 24.8 Å². The molecule has 0 aliphatic carbocycles. The summed E-state index contributed by atoms with van der Waals surface area (Å²) in [5.74, 6) is 0. The highest BCUT2D eigenvalue weighted by Gasteiger charge is 2.40. The minimum absolute atomic E-state index is 0.154. The summed E-state index contributed by atoms with van der Waals surface area (Å²) in [4.78, 5) is 0. The fourth-order valence-corrected chi connectivity index (χ4v) is 3.48. The van der Waals surface area contributed by atoms with Crippen LogP contribution in [0.2, 0.25) is 0 Å². The van der Waals surface area contributed by atoms with Crippen molar-refractivity contribution in [3.63, 3.8) is 0 Å². The van der Waals surface area contributed by atoms with Gasteiger partial charge in [-0.2, -0.15) is 0 Å². The van der Waals surface area contributed by atoms with Crippen LogP contribution in [-0.4, -0.2) is 59.6 Å². The first-order valence-electron chi connectivity index (χ1n) is 11.1. The fraction of sp³-hybridized carbons (Fsp3) is 0.909. The van der Waals surface area contributed by atoms with E-state index in [2.05, 4.69) is 19.1 Å². The molecule has 0 aromatic heterocycles. The van der Waals surface area contributed by atoms with Crippen LogP contribution in [0.25, 0.3) is 0 Å². The first kappa shape index (κ1) is 24.6. The van der Waals surface area contributed by atoms with Crippen molar-refractivity contribution >= 4 is 0 Å². The van der Waals surface area contributed by atoms with E-state index in [1.165, 1.54) is 64.2 Å². The summed E-state index contributed by atoms with van der Waals surface area (Å²) in [6.45, 7) is 2.55. The molecule has 1 aliphatic rings. The molecule has 0 unspecified atom stereocenters. The predicted octanol–water partition coefficient (Wildman–Crippen LogP) is 3.74. The molecule has 0 aromatic rings. The summed E-state index contributed by atoms with van der Waals surface area (Å²) in [6, 6.07) is 0. The number of hydrogen-bond acceptors (Lipinski definition) is 5. The Morgan fingerprint density at radius 1 is 0.963 bits per heavy atom. The van der Waals surface area contributed by atoms with E-state index in [4.69, 9.17) is 14.6 Å². The zero-order valence-electron chi connectivity index (χ0n) is 17.2. The van der Waals surface area contributed by atoms with Gasteiger partial charge in [-0.3, -0.25) is 0 Å². The van der Waals surface area contributed by atoms with Gasteiger partial charge in [-0.25, -0.2) is 0 Å². The predicted molar refractivity (Wildman–Crippen MR) is 109 cm³/mol. The summed E-state index contributed by atoms with van der Waals surface area (Å²) in [7, 11) is 0. The molecule has 27 heavy (non-hydrogen) atoms. The highest BCUT2D eigenvalue weighted by Crippen LogP contribution is 2.21. The maximum atomic E-state index is 9.87. The molecule has 1 saturated heterocycles. The Kier molecular flexibility index (Phi) is 15.0. The van der Waals surface area contributed by atoms with E-state index in [0.717, 1.165) is 12.8 Å². The van der Waals surface area contributed by atoms with Gasteiger partial charge in [0, 0.05) is 6.61 Å². The molecule has 0 saturated carbocycles. The molecule has 1 rings (SSSR count). The number of unbranched alkanes of at least 4 members (excludes halogenated alkanes) is 10. The molecule has 1 heterocycles. The second-order valence-corrected chi connectivity index (χ2v) is 7.68. The van der Waals surface area contributed by atoms with E-state index < -0.39 is 24.4 Å². The van der Waals surface area contributed by atoms with E-state index in [-0.39, 0.29) is 13.2 Å². The average Bonchev–Trinajstić information content (AvgIpc) is 3.04. The third kappa shape index (κ3) is 11.2. The van der Waals surface area contributed by atoms with Gasteiger partial charge in [0.25, 0.3) is 0 Å². The molecule has 0 radical (unpaired) electrons. The second-order valence-electron chi connectivity index (χ2n) is 7.68. The molecule has 0 aromatic carbocycles. The van der Waals surface area contributed by atoms with Gasteiger partial charge in [0.15, 0.2) is 0 Å². The van der Waals surface area contributed by atoms with Crippen LogP contribution in [0.5, 0.6) is 0 Å². The van der Waals surface area contributed by atoms with Crippen LogP contribution >= 0.6 is 0 Å². The Morgan fingerprint density at radius 3 is 2.19 bits per heavy atom. The SMILES string of the molecule is CCC/C=C/CCCCCCCCCCCO[C@H]1[C@@H]([C@H](O)CO)OC[C@@H]1O. The summed E-state index contributed by atoms with van der Waals surface area (Å²) >= 11 is 0. The number of allylic oxidation sites excluding steroid dienone is 2. The standard InChI is InChI=1S/C22H42O5/c1-2-3-4-5-6-7-8-9-10-11-12-13-14-15-16-26-22-20(25)18-27-21(22)19(24)17-23/h4-5,19-25H,2-3,6-18H2,1H3/b5-4+/t19-,20+,21-,22-/m1/s1. The van der Waals surface area contributed by atoms with Gasteiger partial charge in [-0.15, -0.1) is 0 Å². The smallest absolute Gasteiger partial charge is 0.114 e. The Bertz CT molecular complexity index is 361. The van der Waals surface area contributed by atoms with Gasteiger partial charge in [0.05, 0.1) is 13.2 Å². The first-order chi connectivity index (χ1) is 13.2. The average molecular weight is 387 g/mol. The lowest BCUT2D eigenvalue weighted by atomic mass is 10.1. The lowest BCUT2D eigenvalue weighted by Gasteiger charge is -2.23. The lowest BCUT2D eigenvalue weighted by Crippen LogP contribution is -2.42. The van der Waals surface area contributed by atoms with Crippen LogP contribution in [0.4, 0.5) is 0 Å². The zero-order chi connectivity index (χ0) is 19.7. The molecular formula is C22H42O5. The maximum absolute atomic E-state index is 9.87. The molecule has 5 heteroatoms. The molecule has 3 N–H and O–H groups in total. The minimum atomic E-state index is -1.00. The molecular weight excluding hydrogens is 344 g/mol. The molecule has 1 aliphatic heterocycles. The summed E-state index contributed by atoms with van der Waals surface area (Å²) in [5, 5.41) is 28.6. The number of ether oxygens (including phenoxy) is 2. The van der Waals surface area contributed by atoms with E-state index in [1.54, 1.807) is 0 Å². The van der Waals surface area contributed by atoms with E-state index >= 15 is 0 Å². The van der Waals surface area contributed by atoms with Crippen molar-refractivity contribution in [2.75, 3.05) is 19.8 Å². The molecule has 160 valence electrons. The first-order valence-corrected chi connectivity index (χ1v) is 11.1. The minimum Gasteiger partial charge on any atom is -0.394 e. The molecule has 0 amide bonds. The quantitative estimate of drug-likeness (QED) is 0.262. The Hall–Kier alpha value is -0.460. The van der Waals surface area contributed by atoms with E-state index in [0.29, 0.717) is 6.61 Å². The van der Waals surface area contributed by atoms with Crippen LogP contribution in [0.3, 0.4) is 0 Å². The van der Waals surface area contributed by atoms with Crippen molar-refractivity contribution < 1.29 is 24.8 Å². The fourth-order valence-electron chi connectivity index (χ4n) is 3.48. The molecule has 1 fully saturated rings. The summed E-state index contributed by atoms with van der Waals surface area (Å²) in [5.41, 5.74) is 0. The maximum Gasteiger partial charge on any atom is 0.114 e. The topological polar surface area (TPSA) is 79.2 Å². The van der Waals surface area contributed by atoms with Crippen molar-refractivity contribution in [2.24, 2.45) is 0 Å². The normalized spacial score (nSPS) is 24.1. The Labute approximate surface area is 165 Å². The number of aliphatic hydroxyl groups is 3. The van der Waals surface area contributed by atoms with Crippen LogP contribution in [-0.2, 0) is 9.47 Å². The summed E-state index contributed by atoms with van der Waals surface area (Å²) in [6.07, 6.45) is 16.7. The largest absolute Gasteiger partial charge is 0.394 e. The van der Waals surface area contributed by atoms with E-state index in [9.17, 15) is 10.2 Å². The van der Waals surface area contributed by atoms with Crippen LogP contribution in [0, 0.1) is 0 Å². The van der Waals surface area contributed by atoms with Gasteiger partial charge >= 0.3 is 0 Å². The van der Waals surface area contributed by atoms with Gasteiger partial charge in [0.1, 0.15) is 24.4 Å². The monoisotopic (exact) mass is 386 g/mol. The lowest BCUT2D eigenvalue weighted by molar-refractivity contribution is -0.0938. The number of rotatable bonds is 17. The van der Waals surface area contributed by atoms with Crippen LogP contribution < -0.4 is 0 Å². The van der Waals surface area contributed by atoms with Crippen LogP contribution in [0.1, 0.15) is 84.0 Å². The van der Waals surface area contributed by atoms with Crippen molar-refractivity contribution in [2.45, 2.75) is 108 Å². The van der Waals surface area contributed by atoms with Crippen LogP contribution in [0.15, 0.2) is 12.2 Å². The second kappa shape index (κ2) is 16.5. The van der Waals surface area contributed by atoms with Crippen molar-refractivity contribution in [3.05, 3.63) is 12.2 Å². The third-order valence-corrected chi connectivity index (χ3v) is 5.18. The molecule has 0 spiro atoms. The molecule has 0 bridgehead atoms. The Balaban J connectivity index is 1.89. The van der Waals surface area contributed by atoms with Crippen molar-refractivity contribution in [3.8, 4) is 0 Å². The number of hydrogen-bond donors (Lipinski definition) is 3. The van der Waals surface area contributed by atoms with Gasteiger partial charge in [0.2, 0.25) is 0 Å². The summed E-state index contributed by atoms with van der Waals surface area (Å²) < 4.78 is 11.0. The highest BCUT2D eigenvalue weighted by atomic mass is 16.6. The Morgan fingerprint density at radius 2 is 1.56 bits per heavy atom.